The van der Waals surface area contributed by atoms with Gasteiger partial charge in [-0.3, -0.25) is 4.68 Å². The molecule has 1 aromatic heterocycles. The number of hydrogen-bond donors (Lipinski definition) is 1. The largest absolute Gasteiger partial charge is 0.369 e. The maximum Gasteiger partial charge on any atom is 0.142 e. The van der Waals surface area contributed by atoms with Crippen LogP contribution in [0.15, 0.2) is 0 Å². The molecule has 1 N–H and O–H groups in total. The number of nitrogens with one attached hydrogen (secondary N) is 1. The smallest absolute Gasteiger partial charge is 0.142 e. The van der Waals surface area contributed by atoms with E-state index in [1.165, 1.54) is 25.7 Å². The average molecular weight is 230 g/mol. The Balaban J connectivity index is 1.75. The van der Waals surface area contributed by atoms with Gasteiger partial charge < -0.3 is 5.32 Å². The molecule has 0 amide bonds. The molecule has 0 aromatic carbocycles. The zero-order valence-corrected chi connectivity index (χ0v) is 10.5. The molecule has 4 heteroatoms. The topological polar surface area (TPSA) is 53.6 Å². The lowest BCUT2D eigenvalue weighted by Crippen LogP contribution is -2.19. The van der Waals surface area contributed by atoms with Crippen molar-refractivity contribution in [2.45, 2.75) is 32.6 Å². The summed E-state index contributed by atoms with van der Waals surface area (Å²) in [5.74, 6) is 1.83. The van der Waals surface area contributed by atoms with Crippen LogP contribution in [0.1, 0.15) is 36.9 Å². The van der Waals surface area contributed by atoms with E-state index in [0.29, 0.717) is 11.0 Å². The first kappa shape index (κ1) is 10.6. The summed E-state index contributed by atoms with van der Waals surface area (Å²) in [4.78, 5) is 0. The molecule has 90 valence electrons. The summed E-state index contributed by atoms with van der Waals surface area (Å²) in [5.41, 5.74) is 2.05. The van der Waals surface area contributed by atoms with Gasteiger partial charge in [0.2, 0.25) is 0 Å². The van der Waals surface area contributed by atoms with Crippen LogP contribution in [-0.2, 0) is 7.05 Å². The fourth-order valence-electron chi connectivity index (χ4n) is 2.84. The first-order valence-corrected chi connectivity index (χ1v) is 6.34. The highest BCUT2D eigenvalue weighted by Crippen LogP contribution is 2.61. The van der Waals surface area contributed by atoms with Crippen LogP contribution in [0.25, 0.3) is 0 Å². The van der Waals surface area contributed by atoms with E-state index < -0.39 is 0 Å². The van der Waals surface area contributed by atoms with Crippen LogP contribution in [0.3, 0.4) is 0 Å². The first-order chi connectivity index (χ1) is 8.16. The maximum atomic E-state index is 9.14. The van der Waals surface area contributed by atoms with Crippen molar-refractivity contribution >= 4 is 5.82 Å². The molecule has 2 aliphatic carbocycles. The second-order valence-electron chi connectivity index (χ2n) is 5.53. The zero-order chi connectivity index (χ0) is 12.0. The summed E-state index contributed by atoms with van der Waals surface area (Å²) in [7, 11) is 1.90. The van der Waals surface area contributed by atoms with Crippen molar-refractivity contribution in [2.24, 2.45) is 18.4 Å². The lowest BCUT2D eigenvalue weighted by Gasteiger charge is -2.16. The van der Waals surface area contributed by atoms with E-state index in [-0.39, 0.29) is 0 Å². The van der Waals surface area contributed by atoms with Gasteiger partial charge in [0.15, 0.2) is 0 Å². The molecule has 17 heavy (non-hydrogen) atoms. The number of aromatic nitrogens is 2. The van der Waals surface area contributed by atoms with Crippen molar-refractivity contribution < 1.29 is 0 Å². The molecule has 1 aromatic rings. The van der Waals surface area contributed by atoms with E-state index in [0.717, 1.165) is 24.0 Å². The fraction of sp³-hybridized carbons (Fsp3) is 0.692. The molecule has 0 unspecified atom stereocenters. The van der Waals surface area contributed by atoms with Gasteiger partial charge in [0.25, 0.3) is 0 Å². The molecule has 2 saturated carbocycles. The van der Waals surface area contributed by atoms with Crippen molar-refractivity contribution in [3.05, 3.63) is 11.3 Å². The van der Waals surface area contributed by atoms with Gasteiger partial charge in [-0.25, -0.2) is 0 Å². The molecular formula is C13H18N4. The van der Waals surface area contributed by atoms with Crippen molar-refractivity contribution in [3.8, 4) is 6.07 Å². The summed E-state index contributed by atoms with van der Waals surface area (Å²) in [6.07, 6.45) is 5.50. The van der Waals surface area contributed by atoms with E-state index in [2.05, 4.69) is 16.5 Å². The standard InChI is InChI=1S/C13H18N4/c1-9-11(7-14)12(17(2)16-9)15-8-13(5-6-13)10-3-4-10/h10,15H,3-6,8H2,1-2H3. The third-order valence-electron chi connectivity index (χ3n) is 4.28. The Kier molecular flexibility index (Phi) is 2.19. The molecule has 4 nitrogen and oxygen atoms in total. The molecular weight excluding hydrogens is 212 g/mol. The highest BCUT2D eigenvalue weighted by Gasteiger charge is 2.53. The van der Waals surface area contributed by atoms with E-state index in [1.807, 2.05) is 14.0 Å². The Hall–Kier alpha value is -1.50. The van der Waals surface area contributed by atoms with Crippen molar-refractivity contribution in [3.63, 3.8) is 0 Å². The summed E-state index contributed by atoms with van der Waals surface area (Å²) in [5, 5.41) is 16.9. The Labute approximate surface area is 102 Å². The normalized spacial score (nSPS) is 21.0. The quantitative estimate of drug-likeness (QED) is 0.862. The second kappa shape index (κ2) is 3.49. The molecule has 0 aliphatic heterocycles. The Morgan fingerprint density at radius 1 is 1.53 bits per heavy atom. The SMILES string of the molecule is Cc1nn(C)c(NCC2(C3CC3)CC2)c1C#N. The van der Waals surface area contributed by atoms with Crippen LogP contribution in [0.2, 0.25) is 0 Å². The third-order valence-corrected chi connectivity index (χ3v) is 4.28. The minimum absolute atomic E-state index is 0.547. The van der Waals surface area contributed by atoms with Crippen molar-refractivity contribution in [2.75, 3.05) is 11.9 Å². The van der Waals surface area contributed by atoms with Crippen LogP contribution in [-0.4, -0.2) is 16.3 Å². The number of aryl methyl sites for hydroxylation is 2. The lowest BCUT2D eigenvalue weighted by molar-refractivity contribution is 0.465. The van der Waals surface area contributed by atoms with Gasteiger partial charge in [0.1, 0.15) is 17.5 Å². The lowest BCUT2D eigenvalue weighted by atomic mass is 10.0. The van der Waals surface area contributed by atoms with E-state index in [4.69, 9.17) is 5.26 Å². The van der Waals surface area contributed by atoms with Gasteiger partial charge in [0.05, 0.1) is 5.69 Å². The molecule has 2 aliphatic rings. The van der Waals surface area contributed by atoms with E-state index >= 15 is 0 Å². The molecule has 0 atom stereocenters. The fourth-order valence-corrected chi connectivity index (χ4v) is 2.84. The predicted octanol–water partition coefficient (Wildman–Crippen LogP) is 2.20. The molecule has 2 fully saturated rings. The monoisotopic (exact) mass is 230 g/mol. The van der Waals surface area contributed by atoms with Gasteiger partial charge in [-0.15, -0.1) is 0 Å². The molecule has 0 saturated heterocycles. The molecule has 1 heterocycles. The Morgan fingerprint density at radius 3 is 2.76 bits per heavy atom. The van der Waals surface area contributed by atoms with Gasteiger partial charge in [-0.1, -0.05) is 0 Å². The van der Waals surface area contributed by atoms with Gasteiger partial charge in [0, 0.05) is 13.6 Å². The van der Waals surface area contributed by atoms with Crippen LogP contribution < -0.4 is 5.32 Å². The maximum absolute atomic E-state index is 9.14. The van der Waals surface area contributed by atoms with E-state index in [1.54, 1.807) is 4.68 Å². The number of anilines is 1. The van der Waals surface area contributed by atoms with Gasteiger partial charge >= 0.3 is 0 Å². The highest BCUT2D eigenvalue weighted by atomic mass is 15.3. The zero-order valence-electron chi connectivity index (χ0n) is 10.5. The summed E-state index contributed by atoms with van der Waals surface area (Å²) < 4.78 is 1.79. The van der Waals surface area contributed by atoms with Crippen molar-refractivity contribution in [1.82, 2.24) is 9.78 Å². The van der Waals surface area contributed by atoms with Crippen LogP contribution >= 0.6 is 0 Å². The molecule has 0 bridgehead atoms. The minimum atomic E-state index is 0.547. The Bertz CT molecular complexity index is 486. The number of nitriles is 1. The number of rotatable bonds is 4. The molecule has 0 radical (unpaired) electrons. The predicted molar refractivity (Wildman–Crippen MR) is 65.5 cm³/mol. The van der Waals surface area contributed by atoms with E-state index in [9.17, 15) is 0 Å². The number of hydrogen-bond acceptors (Lipinski definition) is 3. The number of nitrogens with zero attached hydrogens (tertiary/aromatic N) is 3. The average Bonchev–Trinajstić information content (AvgIpc) is 3.13. The Morgan fingerprint density at radius 2 is 2.24 bits per heavy atom. The minimum Gasteiger partial charge on any atom is -0.369 e. The van der Waals surface area contributed by atoms with Crippen LogP contribution in [0, 0.1) is 29.6 Å². The van der Waals surface area contributed by atoms with Crippen LogP contribution in [0.5, 0.6) is 0 Å². The highest BCUT2D eigenvalue weighted by molar-refractivity contribution is 5.55. The van der Waals surface area contributed by atoms with Gasteiger partial charge in [-0.05, 0) is 43.9 Å². The first-order valence-electron chi connectivity index (χ1n) is 6.34. The summed E-state index contributed by atoms with van der Waals surface area (Å²) in [6.45, 7) is 2.89. The second-order valence-corrected chi connectivity index (χ2v) is 5.53. The third kappa shape index (κ3) is 1.70. The van der Waals surface area contributed by atoms with Crippen LogP contribution in [0.4, 0.5) is 5.82 Å². The van der Waals surface area contributed by atoms with Gasteiger partial charge in [-0.2, -0.15) is 10.4 Å². The molecule has 3 rings (SSSR count). The molecule has 0 spiro atoms. The summed E-state index contributed by atoms with van der Waals surface area (Å²) >= 11 is 0. The van der Waals surface area contributed by atoms with Crippen molar-refractivity contribution in [1.29, 1.82) is 5.26 Å². The summed E-state index contributed by atoms with van der Waals surface area (Å²) in [6, 6.07) is 2.24.